The summed E-state index contributed by atoms with van der Waals surface area (Å²) in [5.74, 6) is 0.943. The fraction of sp³-hybridized carbons (Fsp3) is 0.214. The first-order valence-electron chi connectivity index (χ1n) is 11.6. The van der Waals surface area contributed by atoms with Gasteiger partial charge in [0.05, 0.1) is 20.3 Å². The van der Waals surface area contributed by atoms with E-state index in [-0.39, 0.29) is 17.9 Å². The summed E-state index contributed by atoms with van der Waals surface area (Å²) in [7, 11) is 3.17. The van der Waals surface area contributed by atoms with Gasteiger partial charge in [-0.1, -0.05) is 42.5 Å². The molecule has 0 aliphatic carbocycles. The van der Waals surface area contributed by atoms with E-state index in [1.54, 1.807) is 19.1 Å². The second kappa shape index (κ2) is 8.20. The van der Waals surface area contributed by atoms with Gasteiger partial charge in [0.25, 0.3) is 5.91 Å². The van der Waals surface area contributed by atoms with E-state index in [0.717, 1.165) is 33.3 Å². The van der Waals surface area contributed by atoms with Crippen molar-refractivity contribution in [2.45, 2.75) is 25.0 Å². The Morgan fingerprint density at radius 3 is 2.63 bits per heavy atom. The number of benzene rings is 3. The van der Waals surface area contributed by atoms with Crippen LogP contribution in [0.4, 0.5) is 0 Å². The summed E-state index contributed by atoms with van der Waals surface area (Å²) in [6.45, 7) is 0.316. The lowest BCUT2D eigenvalue weighted by Gasteiger charge is -2.37. The minimum absolute atomic E-state index is 0.110. The number of nitrogens with one attached hydrogen (secondary N) is 2. The molecule has 6 rings (SSSR count). The summed E-state index contributed by atoms with van der Waals surface area (Å²) in [6.07, 6.45) is 0.452. The molecule has 2 aliphatic rings. The first-order chi connectivity index (χ1) is 17.1. The number of nitrogens with zero attached hydrogens (tertiary/aromatic N) is 1. The summed E-state index contributed by atoms with van der Waals surface area (Å²) in [5, 5.41) is 4.14. The molecular formula is C28H25N3O4. The highest BCUT2D eigenvalue weighted by Gasteiger charge is 2.48. The van der Waals surface area contributed by atoms with Crippen LogP contribution in [-0.4, -0.2) is 42.0 Å². The minimum atomic E-state index is -0.619. The van der Waals surface area contributed by atoms with Crippen molar-refractivity contribution in [2.24, 2.45) is 0 Å². The molecule has 0 saturated heterocycles. The highest BCUT2D eigenvalue weighted by atomic mass is 16.5. The van der Waals surface area contributed by atoms with Crippen molar-refractivity contribution in [3.63, 3.8) is 0 Å². The molecule has 2 amide bonds. The average molecular weight is 468 g/mol. The zero-order valence-corrected chi connectivity index (χ0v) is 19.5. The Kier molecular flexibility index (Phi) is 4.99. The maximum atomic E-state index is 13.6. The monoisotopic (exact) mass is 467 g/mol. The van der Waals surface area contributed by atoms with E-state index >= 15 is 0 Å². The van der Waals surface area contributed by atoms with Gasteiger partial charge in [0.2, 0.25) is 5.91 Å². The van der Waals surface area contributed by atoms with Crippen LogP contribution in [0.1, 0.15) is 38.8 Å². The van der Waals surface area contributed by atoms with E-state index in [2.05, 4.69) is 16.4 Å². The summed E-state index contributed by atoms with van der Waals surface area (Å²) >= 11 is 0. The molecule has 0 fully saturated rings. The van der Waals surface area contributed by atoms with Gasteiger partial charge in [-0.3, -0.25) is 9.59 Å². The van der Waals surface area contributed by atoms with Crippen molar-refractivity contribution in [3.05, 3.63) is 94.7 Å². The Hall–Kier alpha value is -4.26. The van der Waals surface area contributed by atoms with Gasteiger partial charge in [-0.2, -0.15) is 0 Å². The molecule has 7 nitrogen and oxygen atoms in total. The number of aromatic nitrogens is 1. The third-order valence-corrected chi connectivity index (χ3v) is 7.07. The molecule has 0 unspecified atom stereocenters. The van der Waals surface area contributed by atoms with E-state index in [4.69, 9.17) is 9.47 Å². The Balaban J connectivity index is 1.36. The molecule has 0 saturated carbocycles. The van der Waals surface area contributed by atoms with Crippen molar-refractivity contribution in [3.8, 4) is 11.5 Å². The second-order valence-electron chi connectivity index (χ2n) is 8.89. The van der Waals surface area contributed by atoms with Crippen molar-refractivity contribution >= 4 is 22.7 Å². The van der Waals surface area contributed by atoms with Crippen molar-refractivity contribution in [1.82, 2.24) is 15.2 Å². The zero-order valence-electron chi connectivity index (χ0n) is 19.5. The van der Waals surface area contributed by atoms with Gasteiger partial charge in [0.1, 0.15) is 6.04 Å². The number of ether oxygens (including phenoxy) is 2. The number of methoxy groups -OCH3 is 2. The number of para-hydroxylation sites is 1. The first kappa shape index (κ1) is 21.3. The van der Waals surface area contributed by atoms with Gasteiger partial charge >= 0.3 is 0 Å². The SMILES string of the molecule is COc1ccc(CNC(=O)[C@H]2Cc3c([nH]c4ccccc34)[C@H]3c4ccccc4C(=O)N32)cc1OC. The van der Waals surface area contributed by atoms with E-state index < -0.39 is 6.04 Å². The highest BCUT2D eigenvalue weighted by molar-refractivity contribution is 6.03. The fourth-order valence-corrected chi connectivity index (χ4v) is 5.43. The smallest absolute Gasteiger partial charge is 0.255 e. The van der Waals surface area contributed by atoms with E-state index in [1.807, 2.05) is 60.7 Å². The van der Waals surface area contributed by atoms with Crippen LogP contribution in [-0.2, 0) is 17.8 Å². The van der Waals surface area contributed by atoms with Gasteiger partial charge < -0.3 is 24.7 Å². The molecule has 176 valence electrons. The number of carbonyl (C=O) groups excluding carboxylic acids is 2. The van der Waals surface area contributed by atoms with Gasteiger partial charge in [0.15, 0.2) is 11.5 Å². The number of hydrogen-bond acceptors (Lipinski definition) is 4. The number of carbonyl (C=O) groups is 2. The van der Waals surface area contributed by atoms with Crippen molar-refractivity contribution in [2.75, 3.05) is 14.2 Å². The van der Waals surface area contributed by atoms with Crippen molar-refractivity contribution < 1.29 is 19.1 Å². The number of amides is 2. The lowest BCUT2D eigenvalue weighted by Crippen LogP contribution is -2.52. The lowest BCUT2D eigenvalue weighted by molar-refractivity contribution is -0.126. The molecule has 35 heavy (non-hydrogen) atoms. The van der Waals surface area contributed by atoms with E-state index in [0.29, 0.717) is 30.0 Å². The largest absolute Gasteiger partial charge is 0.493 e. The normalized spacial score (nSPS) is 18.1. The van der Waals surface area contributed by atoms with Gasteiger partial charge in [-0.15, -0.1) is 0 Å². The van der Waals surface area contributed by atoms with Crippen LogP contribution in [0.3, 0.4) is 0 Å². The Morgan fingerprint density at radius 1 is 1.03 bits per heavy atom. The molecule has 1 aromatic heterocycles. The molecule has 0 radical (unpaired) electrons. The highest BCUT2D eigenvalue weighted by Crippen LogP contribution is 2.46. The molecule has 3 heterocycles. The number of aromatic amines is 1. The topological polar surface area (TPSA) is 83.7 Å². The number of hydrogen-bond donors (Lipinski definition) is 2. The van der Waals surface area contributed by atoms with Gasteiger partial charge in [0, 0.05) is 35.1 Å². The fourth-order valence-electron chi connectivity index (χ4n) is 5.43. The average Bonchev–Trinajstić information content (AvgIpc) is 3.42. The lowest BCUT2D eigenvalue weighted by atomic mass is 9.90. The molecule has 0 spiro atoms. The van der Waals surface area contributed by atoms with Gasteiger partial charge in [-0.25, -0.2) is 0 Å². The maximum Gasteiger partial charge on any atom is 0.255 e. The number of rotatable bonds is 5. The van der Waals surface area contributed by atoms with Crippen molar-refractivity contribution in [1.29, 1.82) is 0 Å². The van der Waals surface area contributed by atoms with Crippen LogP contribution in [0.25, 0.3) is 10.9 Å². The van der Waals surface area contributed by atoms with Crippen LogP contribution < -0.4 is 14.8 Å². The minimum Gasteiger partial charge on any atom is -0.493 e. The molecule has 4 aromatic rings. The molecule has 7 heteroatoms. The third kappa shape index (κ3) is 3.26. The molecule has 2 atom stereocenters. The van der Waals surface area contributed by atoms with E-state index in [1.165, 1.54) is 0 Å². The summed E-state index contributed by atoms with van der Waals surface area (Å²) < 4.78 is 10.7. The summed E-state index contributed by atoms with van der Waals surface area (Å²) in [4.78, 5) is 32.4. The molecular weight excluding hydrogens is 442 g/mol. The summed E-state index contributed by atoms with van der Waals surface area (Å²) in [6, 6.07) is 20.4. The molecule has 2 aliphatic heterocycles. The second-order valence-corrected chi connectivity index (χ2v) is 8.89. The van der Waals surface area contributed by atoms with Crippen LogP contribution in [0.5, 0.6) is 11.5 Å². The van der Waals surface area contributed by atoms with E-state index in [9.17, 15) is 9.59 Å². The predicted molar refractivity (Wildman–Crippen MR) is 132 cm³/mol. The van der Waals surface area contributed by atoms with Crippen LogP contribution >= 0.6 is 0 Å². The van der Waals surface area contributed by atoms with Gasteiger partial charge in [-0.05, 0) is 41.0 Å². The third-order valence-electron chi connectivity index (χ3n) is 7.07. The predicted octanol–water partition coefficient (Wildman–Crippen LogP) is 3.97. The van der Waals surface area contributed by atoms with Crippen LogP contribution in [0, 0.1) is 0 Å². The quantitative estimate of drug-likeness (QED) is 0.465. The molecule has 0 bridgehead atoms. The number of H-pyrrole nitrogens is 1. The number of fused-ring (bicyclic) bond motifs is 7. The Bertz CT molecular complexity index is 1470. The maximum absolute atomic E-state index is 13.6. The standard InChI is InChI=1S/C28H25N3O4/c1-34-23-12-11-16(13-24(23)35-2)15-29-27(32)22-14-20-17-7-5-6-10-21(17)30-25(20)26-18-8-3-4-9-19(18)28(33)31(22)26/h3-13,22,26,30H,14-15H2,1-2H3,(H,29,32)/t22-,26-/m1/s1. The first-order valence-corrected chi connectivity index (χ1v) is 11.6. The Labute approximate surface area is 202 Å². The summed E-state index contributed by atoms with van der Waals surface area (Å²) in [5.41, 5.74) is 5.57. The molecule has 2 N–H and O–H groups in total. The zero-order chi connectivity index (χ0) is 24.1. The Morgan fingerprint density at radius 2 is 1.80 bits per heavy atom. The van der Waals surface area contributed by atoms with Crippen LogP contribution in [0.15, 0.2) is 66.7 Å². The molecule has 3 aromatic carbocycles. The van der Waals surface area contributed by atoms with Crippen LogP contribution in [0.2, 0.25) is 0 Å².